The average Bonchev–Trinajstić information content (AvgIpc) is 2.29. The van der Waals surface area contributed by atoms with Crippen LogP contribution in [0.2, 0.25) is 0 Å². The van der Waals surface area contributed by atoms with Gasteiger partial charge in [-0.15, -0.1) is 0 Å². The molecule has 0 amide bonds. The molecule has 1 heterocycles. The lowest BCUT2D eigenvalue weighted by Gasteiger charge is -2.31. The van der Waals surface area contributed by atoms with Crippen LogP contribution in [0.15, 0.2) is 0 Å². The van der Waals surface area contributed by atoms with Crippen molar-refractivity contribution in [3.05, 3.63) is 0 Å². The normalized spacial score (nSPS) is 19.5. The Hall–Kier alpha value is -0.0800. The molecule has 1 aliphatic heterocycles. The van der Waals surface area contributed by atoms with Crippen molar-refractivity contribution in [3.8, 4) is 0 Å². The predicted molar refractivity (Wildman–Crippen MR) is 71.8 cm³/mol. The third kappa shape index (κ3) is 5.86. The summed E-state index contributed by atoms with van der Waals surface area (Å²) >= 11 is 0. The SMILES string of the molecule is CCN1CCC(CNCCCC(C)C)CC1. The van der Waals surface area contributed by atoms with Crippen LogP contribution in [0.1, 0.15) is 46.5 Å². The Bertz CT molecular complexity index is 160. The largest absolute Gasteiger partial charge is 0.316 e. The second kappa shape index (κ2) is 8.08. The van der Waals surface area contributed by atoms with E-state index < -0.39 is 0 Å². The summed E-state index contributed by atoms with van der Waals surface area (Å²) in [5.41, 5.74) is 0. The van der Waals surface area contributed by atoms with Gasteiger partial charge in [-0.1, -0.05) is 20.8 Å². The Morgan fingerprint density at radius 2 is 1.94 bits per heavy atom. The summed E-state index contributed by atoms with van der Waals surface area (Å²) in [6, 6.07) is 0. The van der Waals surface area contributed by atoms with Crippen molar-refractivity contribution in [1.29, 1.82) is 0 Å². The Labute approximate surface area is 102 Å². The standard InChI is InChI=1S/C14H30N2/c1-4-16-10-7-14(8-11-16)12-15-9-5-6-13(2)3/h13-15H,4-12H2,1-3H3. The highest BCUT2D eigenvalue weighted by atomic mass is 15.1. The lowest BCUT2D eigenvalue weighted by atomic mass is 9.97. The van der Waals surface area contributed by atoms with Gasteiger partial charge in [0.15, 0.2) is 0 Å². The maximum absolute atomic E-state index is 3.62. The molecule has 1 rings (SSSR count). The molecule has 0 aromatic heterocycles. The molecule has 0 aromatic carbocycles. The van der Waals surface area contributed by atoms with Crippen molar-refractivity contribution in [2.24, 2.45) is 11.8 Å². The highest BCUT2D eigenvalue weighted by molar-refractivity contribution is 4.73. The average molecular weight is 226 g/mol. The molecule has 0 unspecified atom stereocenters. The van der Waals surface area contributed by atoms with E-state index >= 15 is 0 Å². The van der Waals surface area contributed by atoms with Crippen LogP contribution >= 0.6 is 0 Å². The predicted octanol–water partition coefficient (Wildman–Crippen LogP) is 2.74. The quantitative estimate of drug-likeness (QED) is 0.672. The van der Waals surface area contributed by atoms with Gasteiger partial charge in [-0.05, 0) is 70.2 Å². The minimum absolute atomic E-state index is 0.856. The summed E-state index contributed by atoms with van der Waals surface area (Å²) in [5.74, 6) is 1.79. The highest BCUT2D eigenvalue weighted by Gasteiger charge is 2.17. The molecular weight excluding hydrogens is 196 g/mol. The van der Waals surface area contributed by atoms with E-state index in [-0.39, 0.29) is 0 Å². The summed E-state index contributed by atoms with van der Waals surface area (Å²) in [4.78, 5) is 2.56. The van der Waals surface area contributed by atoms with Crippen molar-refractivity contribution >= 4 is 0 Å². The van der Waals surface area contributed by atoms with E-state index in [1.807, 2.05) is 0 Å². The second-order valence-corrected chi connectivity index (χ2v) is 5.62. The molecule has 2 nitrogen and oxygen atoms in total. The van der Waals surface area contributed by atoms with Gasteiger partial charge in [-0.3, -0.25) is 0 Å². The Kier molecular flexibility index (Phi) is 7.06. The number of hydrogen-bond acceptors (Lipinski definition) is 2. The maximum atomic E-state index is 3.62. The van der Waals surface area contributed by atoms with Gasteiger partial charge in [0.1, 0.15) is 0 Å². The van der Waals surface area contributed by atoms with Gasteiger partial charge >= 0.3 is 0 Å². The molecular formula is C14H30N2. The smallest absolute Gasteiger partial charge is 0.00157 e. The van der Waals surface area contributed by atoms with Crippen molar-refractivity contribution < 1.29 is 0 Å². The molecule has 96 valence electrons. The first-order valence-electron chi connectivity index (χ1n) is 7.15. The molecule has 1 N–H and O–H groups in total. The van der Waals surface area contributed by atoms with Gasteiger partial charge in [0, 0.05) is 0 Å². The zero-order valence-electron chi connectivity index (χ0n) is 11.5. The van der Waals surface area contributed by atoms with Gasteiger partial charge in [0.2, 0.25) is 0 Å². The first-order valence-corrected chi connectivity index (χ1v) is 7.15. The van der Waals surface area contributed by atoms with Crippen LogP contribution in [0, 0.1) is 11.8 Å². The van der Waals surface area contributed by atoms with Crippen molar-refractivity contribution in [3.63, 3.8) is 0 Å². The molecule has 1 saturated heterocycles. The molecule has 0 spiro atoms. The molecule has 2 heteroatoms. The zero-order chi connectivity index (χ0) is 11.8. The minimum atomic E-state index is 0.856. The van der Waals surface area contributed by atoms with E-state index in [1.54, 1.807) is 0 Å². The lowest BCUT2D eigenvalue weighted by Crippen LogP contribution is -2.37. The number of hydrogen-bond donors (Lipinski definition) is 1. The first-order chi connectivity index (χ1) is 7.72. The first kappa shape index (κ1) is 14.0. The zero-order valence-corrected chi connectivity index (χ0v) is 11.5. The number of likely N-dealkylation sites (tertiary alicyclic amines) is 1. The molecule has 0 saturated carbocycles. The molecule has 0 aromatic rings. The van der Waals surface area contributed by atoms with Crippen LogP contribution in [0.5, 0.6) is 0 Å². The van der Waals surface area contributed by atoms with Crippen molar-refractivity contribution in [2.75, 3.05) is 32.7 Å². The molecule has 0 aliphatic carbocycles. The van der Waals surface area contributed by atoms with Crippen molar-refractivity contribution in [1.82, 2.24) is 10.2 Å². The molecule has 16 heavy (non-hydrogen) atoms. The van der Waals surface area contributed by atoms with Crippen LogP contribution < -0.4 is 5.32 Å². The van der Waals surface area contributed by atoms with E-state index in [0.717, 1.165) is 11.8 Å². The van der Waals surface area contributed by atoms with Gasteiger partial charge in [0.25, 0.3) is 0 Å². The number of rotatable bonds is 7. The van der Waals surface area contributed by atoms with E-state index in [4.69, 9.17) is 0 Å². The Morgan fingerprint density at radius 1 is 1.25 bits per heavy atom. The molecule has 0 bridgehead atoms. The summed E-state index contributed by atoms with van der Waals surface area (Å²) in [6.45, 7) is 13.2. The number of nitrogens with zero attached hydrogens (tertiary/aromatic N) is 1. The van der Waals surface area contributed by atoms with Gasteiger partial charge in [-0.2, -0.15) is 0 Å². The molecule has 0 atom stereocenters. The lowest BCUT2D eigenvalue weighted by molar-refractivity contribution is 0.190. The maximum Gasteiger partial charge on any atom is -0.00157 e. The third-order valence-corrected chi connectivity index (χ3v) is 3.72. The van der Waals surface area contributed by atoms with Crippen LogP contribution in [-0.4, -0.2) is 37.6 Å². The topological polar surface area (TPSA) is 15.3 Å². The summed E-state index contributed by atoms with van der Waals surface area (Å²) in [7, 11) is 0. The van der Waals surface area contributed by atoms with Crippen molar-refractivity contribution in [2.45, 2.75) is 46.5 Å². The van der Waals surface area contributed by atoms with E-state index in [9.17, 15) is 0 Å². The summed E-state index contributed by atoms with van der Waals surface area (Å²) in [5, 5.41) is 3.62. The Balaban J connectivity index is 1.94. The number of piperidine rings is 1. The van der Waals surface area contributed by atoms with Crippen LogP contribution in [-0.2, 0) is 0 Å². The third-order valence-electron chi connectivity index (χ3n) is 3.72. The van der Waals surface area contributed by atoms with Crippen LogP contribution in [0.4, 0.5) is 0 Å². The van der Waals surface area contributed by atoms with Gasteiger partial charge in [0.05, 0.1) is 0 Å². The summed E-state index contributed by atoms with van der Waals surface area (Å²) < 4.78 is 0. The highest BCUT2D eigenvalue weighted by Crippen LogP contribution is 2.15. The Morgan fingerprint density at radius 3 is 2.50 bits per heavy atom. The molecule has 1 aliphatic rings. The van der Waals surface area contributed by atoms with Gasteiger partial charge in [-0.25, -0.2) is 0 Å². The van der Waals surface area contributed by atoms with Crippen LogP contribution in [0.25, 0.3) is 0 Å². The minimum Gasteiger partial charge on any atom is -0.316 e. The van der Waals surface area contributed by atoms with E-state index in [1.165, 1.54) is 58.4 Å². The number of nitrogens with one attached hydrogen (secondary N) is 1. The monoisotopic (exact) mass is 226 g/mol. The second-order valence-electron chi connectivity index (χ2n) is 5.62. The fourth-order valence-electron chi connectivity index (χ4n) is 2.45. The van der Waals surface area contributed by atoms with Gasteiger partial charge < -0.3 is 10.2 Å². The molecule has 1 fully saturated rings. The van der Waals surface area contributed by atoms with E-state index in [2.05, 4.69) is 31.0 Å². The summed E-state index contributed by atoms with van der Waals surface area (Å²) in [6.07, 6.45) is 5.49. The van der Waals surface area contributed by atoms with E-state index in [0.29, 0.717) is 0 Å². The molecule has 0 radical (unpaired) electrons. The fraction of sp³-hybridized carbons (Fsp3) is 1.00. The van der Waals surface area contributed by atoms with Crippen LogP contribution in [0.3, 0.4) is 0 Å². The fourth-order valence-corrected chi connectivity index (χ4v) is 2.45.